The van der Waals surface area contributed by atoms with Crippen molar-refractivity contribution in [3.05, 3.63) is 34.9 Å². The Morgan fingerprint density at radius 2 is 1.71 bits per heavy atom. The molecule has 0 aliphatic heterocycles. The third-order valence-corrected chi connectivity index (χ3v) is 4.38. The Morgan fingerprint density at radius 3 is 2.19 bits per heavy atom. The maximum atomic E-state index is 6.46. The molecule has 0 heterocycles. The van der Waals surface area contributed by atoms with Gasteiger partial charge >= 0.3 is 0 Å². The van der Waals surface area contributed by atoms with Gasteiger partial charge in [-0.15, -0.1) is 0 Å². The Morgan fingerprint density at radius 1 is 1.10 bits per heavy atom. The van der Waals surface area contributed by atoms with E-state index in [-0.39, 0.29) is 12.1 Å². The van der Waals surface area contributed by atoms with Gasteiger partial charge in [-0.2, -0.15) is 0 Å². The summed E-state index contributed by atoms with van der Waals surface area (Å²) in [6.45, 7) is 10.0. The van der Waals surface area contributed by atoms with Gasteiger partial charge in [-0.25, -0.2) is 0 Å². The van der Waals surface area contributed by atoms with E-state index in [9.17, 15) is 0 Å². The molecule has 1 rings (SSSR count). The molecule has 0 saturated heterocycles. The number of halogens is 1. The molecule has 1 aromatic carbocycles. The number of nitrogens with zero attached hydrogens (tertiary/aromatic N) is 1. The number of hydrogen-bond acceptors (Lipinski definition) is 2. The highest BCUT2D eigenvalue weighted by molar-refractivity contribution is 6.30. The highest BCUT2D eigenvalue weighted by Gasteiger charge is 2.27. The van der Waals surface area contributed by atoms with Crippen molar-refractivity contribution in [3.63, 3.8) is 0 Å². The Bertz CT molecular complexity index is 389. The molecular weight excluding hydrogens is 280 g/mol. The zero-order valence-corrected chi connectivity index (χ0v) is 14.7. The molecule has 0 fully saturated rings. The fourth-order valence-electron chi connectivity index (χ4n) is 2.83. The lowest BCUT2D eigenvalue weighted by molar-refractivity contribution is 0.127. The van der Waals surface area contributed by atoms with E-state index in [0.717, 1.165) is 18.0 Å². The van der Waals surface area contributed by atoms with Crippen LogP contribution in [0.5, 0.6) is 0 Å². The smallest absolute Gasteiger partial charge is 0.0501 e. The highest BCUT2D eigenvalue weighted by Crippen LogP contribution is 2.28. The first-order valence-corrected chi connectivity index (χ1v) is 8.65. The van der Waals surface area contributed by atoms with Crippen LogP contribution in [0.3, 0.4) is 0 Å². The number of nitrogens with two attached hydrogens (primary N) is 1. The third-order valence-electron chi connectivity index (χ3n) is 4.13. The lowest BCUT2D eigenvalue weighted by atomic mass is 9.94. The van der Waals surface area contributed by atoms with Crippen molar-refractivity contribution in [1.82, 2.24) is 4.90 Å². The fourth-order valence-corrected chi connectivity index (χ4v) is 2.96. The minimum absolute atomic E-state index is 0.148. The van der Waals surface area contributed by atoms with Crippen LogP contribution in [0.15, 0.2) is 24.3 Å². The van der Waals surface area contributed by atoms with E-state index in [1.165, 1.54) is 24.8 Å². The quantitative estimate of drug-likeness (QED) is 0.649. The van der Waals surface area contributed by atoms with Crippen LogP contribution in [0, 0.1) is 0 Å². The first-order valence-electron chi connectivity index (χ1n) is 8.28. The van der Waals surface area contributed by atoms with E-state index in [1.54, 1.807) is 0 Å². The molecular formula is C18H31ClN2. The summed E-state index contributed by atoms with van der Waals surface area (Å²) >= 11 is 6.03. The Kier molecular flexibility index (Phi) is 8.31. The summed E-state index contributed by atoms with van der Waals surface area (Å²) in [6, 6.07) is 9.09. The minimum atomic E-state index is 0.148. The maximum absolute atomic E-state index is 6.46. The van der Waals surface area contributed by atoms with Gasteiger partial charge in [0.25, 0.3) is 0 Å². The Balaban J connectivity index is 2.99. The van der Waals surface area contributed by atoms with Gasteiger partial charge in [0.2, 0.25) is 0 Å². The fraction of sp³-hybridized carbons (Fsp3) is 0.667. The Hall–Kier alpha value is -0.570. The summed E-state index contributed by atoms with van der Waals surface area (Å²) in [5, 5.41) is 0.782. The molecule has 0 aromatic heterocycles. The van der Waals surface area contributed by atoms with E-state index in [4.69, 9.17) is 17.3 Å². The van der Waals surface area contributed by atoms with E-state index < -0.39 is 0 Å². The molecule has 120 valence electrons. The normalized spacial score (nSPS) is 14.7. The zero-order chi connectivity index (χ0) is 15.8. The van der Waals surface area contributed by atoms with Crippen molar-refractivity contribution in [1.29, 1.82) is 0 Å². The van der Waals surface area contributed by atoms with Gasteiger partial charge in [0.15, 0.2) is 0 Å². The molecule has 0 bridgehead atoms. The second-order valence-corrected chi connectivity index (χ2v) is 6.54. The van der Waals surface area contributed by atoms with Crippen molar-refractivity contribution in [2.24, 2.45) is 5.73 Å². The highest BCUT2D eigenvalue weighted by atomic mass is 35.5. The average Bonchev–Trinajstić information content (AvgIpc) is 2.47. The standard InChI is InChI=1S/C18H31ClN2/c1-5-7-8-13-21(14(3)4)18(17(20)6-2)15-9-11-16(19)12-10-15/h9-12,14,17-18H,5-8,13,20H2,1-4H3. The molecule has 0 amide bonds. The van der Waals surface area contributed by atoms with Gasteiger partial charge in [0.1, 0.15) is 0 Å². The molecule has 0 saturated carbocycles. The van der Waals surface area contributed by atoms with Crippen molar-refractivity contribution in [2.75, 3.05) is 6.54 Å². The van der Waals surface area contributed by atoms with Gasteiger partial charge in [0, 0.05) is 17.1 Å². The summed E-state index contributed by atoms with van der Waals surface area (Å²) < 4.78 is 0. The van der Waals surface area contributed by atoms with Crippen LogP contribution in [-0.4, -0.2) is 23.5 Å². The largest absolute Gasteiger partial charge is 0.326 e. The molecule has 1 aromatic rings. The van der Waals surface area contributed by atoms with E-state index in [2.05, 4.69) is 44.7 Å². The lowest BCUT2D eigenvalue weighted by Crippen LogP contribution is -2.44. The number of hydrogen-bond donors (Lipinski definition) is 1. The summed E-state index contributed by atoms with van der Waals surface area (Å²) in [4.78, 5) is 2.55. The van der Waals surface area contributed by atoms with Gasteiger partial charge in [-0.05, 0) is 50.9 Å². The number of benzene rings is 1. The second kappa shape index (κ2) is 9.45. The van der Waals surface area contributed by atoms with Crippen molar-refractivity contribution in [3.8, 4) is 0 Å². The van der Waals surface area contributed by atoms with Gasteiger partial charge < -0.3 is 5.73 Å². The molecule has 21 heavy (non-hydrogen) atoms. The second-order valence-electron chi connectivity index (χ2n) is 6.11. The molecule has 0 aliphatic carbocycles. The average molecular weight is 311 g/mol. The lowest BCUT2D eigenvalue weighted by Gasteiger charge is -2.38. The monoisotopic (exact) mass is 310 g/mol. The molecule has 2 N–H and O–H groups in total. The van der Waals surface area contributed by atoms with E-state index in [0.29, 0.717) is 6.04 Å². The van der Waals surface area contributed by atoms with E-state index in [1.807, 2.05) is 12.1 Å². The summed E-state index contributed by atoms with van der Waals surface area (Å²) in [5.74, 6) is 0. The topological polar surface area (TPSA) is 29.3 Å². The molecule has 0 radical (unpaired) electrons. The summed E-state index contributed by atoms with van der Waals surface area (Å²) in [7, 11) is 0. The maximum Gasteiger partial charge on any atom is 0.0501 e. The number of unbranched alkanes of at least 4 members (excludes halogenated alkanes) is 2. The SMILES string of the molecule is CCCCCN(C(C)C)C(c1ccc(Cl)cc1)C(N)CC. The van der Waals surface area contributed by atoms with Crippen molar-refractivity contribution < 1.29 is 0 Å². The number of rotatable bonds is 9. The molecule has 2 unspecified atom stereocenters. The minimum Gasteiger partial charge on any atom is -0.326 e. The van der Waals surface area contributed by atoms with Crippen LogP contribution < -0.4 is 5.73 Å². The first-order chi connectivity index (χ1) is 10.0. The van der Waals surface area contributed by atoms with Crippen molar-refractivity contribution in [2.45, 2.75) is 71.5 Å². The van der Waals surface area contributed by atoms with Crippen LogP contribution >= 0.6 is 11.6 Å². The summed E-state index contributed by atoms with van der Waals surface area (Å²) in [6.07, 6.45) is 4.73. The van der Waals surface area contributed by atoms with Crippen LogP contribution in [-0.2, 0) is 0 Å². The predicted molar refractivity (Wildman–Crippen MR) is 93.8 cm³/mol. The van der Waals surface area contributed by atoms with Crippen LogP contribution in [0.25, 0.3) is 0 Å². The molecule has 3 heteroatoms. The first kappa shape index (κ1) is 18.5. The van der Waals surface area contributed by atoms with Gasteiger partial charge in [-0.1, -0.05) is 50.4 Å². The van der Waals surface area contributed by atoms with Crippen molar-refractivity contribution >= 4 is 11.6 Å². The van der Waals surface area contributed by atoms with Crippen LogP contribution in [0.4, 0.5) is 0 Å². The molecule has 2 atom stereocenters. The molecule has 2 nitrogen and oxygen atoms in total. The predicted octanol–water partition coefficient (Wildman–Crippen LogP) is 5.02. The van der Waals surface area contributed by atoms with Crippen LogP contribution in [0.2, 0.25) is 5.02 Å². The third kappa shape index (κ3) is 5.61. The molecule has 0 spiro atoms. The van der Waals surface area contributed by atoms with Gasteiger partial charge in [-0.3, -0.25) is 4.90 Å². The molecule has 0 aliphatic rings. The van der Waals surface area contributed by atoms with E-state index >= 15 is 0 Å². The van der Waals surface area contributed by atoms with Gasteiger partial charge in [0.05, 0.1) is 6.04 Å². The Labute approximate surface area is 135 Å². The summed E-state index contributed by atoms with van der Waals surface area (Å²) in [5.41, 5.74) is 7.73. The van der Waals surface area contributed by atoms with Crippen LogP contribution in [0.1, 0.15) is 65.0 Å². The zero-order valence-electron chi connectivity index (χ0n) is 14.0.